The highest BCUT2D eigenvalue weighted by molar-refractivity contribution is 5.33. The Morgan fingerprint density at radius 2 is 2.00 bits per heavy atom. The molecule has 6 heteroatoms. The molecule has 1 heterocycles. The molecule has 0 radical (unpaired) electrons. The van der Waals surface area contributed by atoms with Gasteiger partial charge in [-0.15, -0.1) is 0 Å². The molecule has 0 spiro atoms. The second-order valence-corrected chi connectivity index (χ2v) is 2.99. The van der Waals surface area contributed by atoms with Crippen LogP contribution in [0.25, 0.3) is 0 Å². The van der Waals surface area contributed by atoms with Crippen molar-refractivity contribution < 1.29 is 17.6 Å². The number of pyridine rings is 1. The SMILES string of the molecule is Fc1cccc(NCCCC(F)(F)F)n1. The molecule has 0 unspecified atom stereocenters. The van der Waals surface area contributed by atoms with Crippen molar-refractivity contribution in [3.8, 4) is 0 Å². The number of aromatic nitrogens is 1. The molecule has 0 saturated carbocycles. The summed E-state index contributed by atoms with van der Waals surface area (Å²) in [5, 5.41) is 2.61. The third-order valence-electron chi connectivity index (χ3n) is 1.66. The highest BCUT2D eigenvalue weighted by Gasteiger charge is 2.25. The fourth-order valence-corrected chi connectivity index (χ4v) is 1.01. The zero-order chi connectivity index (χ0) is 11.3. The molecule has 0 aliphatic rings. The van der Waals surface area contributed by atoms with Gasteiger partial charge >= 0.3 is 6.18 Å². The molecule has 15 heavy (non-hydrogen) atoms. The van der Waals surface area contributed by atoms with E-state index in [0.29, 0.717) is 0 Å². The van der Waals surface area contributed by atoms with Crippen LogP contribution in [0.4, 0.5) is 23.4 Å². The van der Waals surface area contributed by atoms with Crippen LogP contribution in [0.5, 0.6) is 0 Å². The maximum atomic E-state index is 12.5. The quantitative estimate of drug-likeness (QED) is 0.481. The molecular formula is C9H10F4N2. The Morgan fingerprint density at radius 1 is 1.27 bits per heavy atom. The van der Waals surface area contributed by atoms with Crippen molar-refractivity contribution in [3.63, 3.8) is 0 Å². The number of nitrogens with zero attached hydrogens (tertiary/aromatic N) is 1. The van der Waals surface area contributed by atoms with Crippen LogP contribution in [0.3, 0.4) is 0 Å². The van der Waals surface area contributed by atoms with Crippen LogP contribution in [-0.2, 0) is 0 Å². The summed E-state index contributed by atoms with van der Waals surface area (Å²) in [6, 6.07) is 4.10. The first-order chi connectivity index (χ1) is 6.97. The molecule has 0 aromatic carbocycles. The molecule has 0 atom stereocenters. The van der Waals surface area contributed by atoms with Gasteiger partial charge in [-0.1, -0.05) is 6.07 Å². The van der Waals surface area contributed by atoms with Crippen molar-refractivity contribution >= 4 is 5.82 Å². The molecular weight excluding hydrogens is 212 g/mol. The van der Waals surface area contributed by atoms with Crippen molar-refractivity contribution in [1.29, 1.82) is 0 Å². The first-order valence-corrected chi connectivity index (χ1v) is 4.40. The lowest BCUT2D eigenvalue weighted by atomic mass is 10.3. The average molecular weight is 222 g/mol. The Kier molecular flexibility index (Phi) is 3.88. The van der Waals surface area contributed by atoms with E-state index in [1.807, 2.05) is 0 Å². The van der Waals surface area contributed by atoms with E-state index in [1.165, 1.54) is 18.2 Å². The lowest BCUT2D eigenvalue weighted by Crippen LogP contribution is -2.11. The second kappa shape index (κ2) is 4.95. The largest absolute Gasteiger partial charge is 0.389 e. The van der Waals surface area contributed by atoms with Gasteiger partial charge < -0.3 is 5.32 Å². The van der Waals surface area contributed by atoms with Crippen molar-refractivity contribution in [2.45, 2.75) is 19.0 Å². The highest BCUT2D eigenvalue weighted by Crippen LogP contribution is 2.21. The predicted octanol–water partition coefficient (Wildman–Crippen LogP) is 2.98. The van der Waals surface area contributed by atoms with Crippen molar-refractivity contribution in [1.82, 2.24) is 4.98 Å². The molecule has 0 aliphatic heterocycles. The molecule has 2 nitrogen and oxygen atoms in total. The molecule has 0 amide bonds. The summed E-state index contributed by atoms with van der Waals surface area (Å²) < 4.78 is 47.8. The number of nitrogens with one attached hydrogen (secondary N) is 1. The van der Waals surface area contributed by atoms with Gasteiger partial charge in [0.05, 0.1) is 0 Å². The van der Waals surface area contributed by atoms with Crippen molar-refractivity contribution in [3.05, 3.63) is 24.1 Å². The summed E-state index contributed by atoms with van der Waals surface area (Å²) in [4.78, 5) is 3.45. The van der Waals surface area contributed by atoms with Crippen LogP contribution in [0.15, 0.2) is 18.2 Å². The summed E-state index contributed by atoms with van der Waals surface area (Å²) in [5.41, 5.74) is 0. The number of hydrogen-bond acceptors (Lipinski definition) is 2. The molecule has 1 aromatic rings. The zero-order valence-electron chi connectivity index (χ0n) is 7.81. The standard InChI is InChI=1S/C9H10F4N2/c10-7-3-1-4-8(15-7)14-6-2-5-9(11,12)13/h1,3-4H,2,5-6H2,(H,14,15). The second-order valence-electron chi connectivity index (χ2n) is 2.99. The van der Waals surface area contributed by atoms with Crippen molar-refractivity contribution in [2.24, 2.45) is 0 Å². The Labute approximate surface area is 84.3 Å². The van der Waals surface area contributed by atoms with Gasteiger partial charge in [-0.2, -0.15) is 17.6 Å². The summed E-state index contributed by atoms with van der Waals surface area (Å²) >= 11 is 0. The van der Waals surface area contributed by atoms with Crippen molar-refractivity contribution in [2.75, 3.05) is 11.9 Å². The normalized spacial score (nSPS) is 11.5. The van der Waals surface area contributed by atoms with Crippen LogP contribution in [0, 0.1) is 5.95 Å². The first-order valence-electron chi connectivity index (χ1n) is 4.40. The van der Waals surface area contributed by atoms with Gasteiger partial charge in [-0.25, -0.2) is 4.98 Å². The van der Waals surface area contributed by atoms with E-state index >= 15 is 0 Å². The number of rotatable bonds is 4. The van der Waals surface area contributed by atoms with Gasteiger partial charge in [-0.3, -0.25) is 0 Å². The fraction of sp³-hybridized carbons (Fsp3) is 0.444. The van der Waals surface area contributed by atoms with Gasteiger partial charge in [-0.05, 0) is 18.6 Å². The number of halogens is 4. The molecule has 1 rings (SSSR count). The number of anilines is 1. The van der Waals surface area contributed by atoms with E-state index in [4.69, 9.17) is 0 Å². The van der Waals surface area contributed by atoms with Gasteiger partial charge in [0, 0.05) is 13.0 Å². The fourth-order valence-electron chi connectivity index (χ4n) is 1.01. The van der Waals surface area contributed by atoms with E-state index < -0.39 is 18.5 Å². The first kappa shape index (κ1) is 11.7. The lowest BCUT2D eigenvalue weighted by molar-refractivity contribution is -0.134. The summed E-state index contributed by atoms with van der Waals surface area (Å²) in [6.07, 6.45) is -5.05. The van der Waals surface area contributed by atoms with Gasteiger partial charge in [0.15, 0.2) is 0 Å². The summed E-state index contributed by atoms with van der Waals surface area (Å²) in [5.74, 6) is -0.409. The molecule has 84 valence electrons. The zero-order valence-corrected chi connectivity index (χ0v) is 7.81. The van der Waals surface area contributed by atoms with E-state index in [1.54, 1.807) is 0 Å². The van der Waals surface area contributed by atoms with Crippen LogP contribution in [0.2, 0.25) is 0 Å². The number of alkyl halides is 3. The van der Waals surface area contributed by atoms with E-state index in [2.05, 4.69) is 10.3 Å². The third kappa shape index (κ3) is 5.19. The predicted molar refractivity (Wildman–Crippen MR) is 48.0 cm³/mol. The molecule has 1 N–H and O–H groups in total. The number of hydrogen-bond donors (Lipinski definition) is 1. The van der Waals surface area contributed by atoms with Crippen LogP contribution >= 0.6 is 0 Å². The van der Waals surface area contributed by atoms with Crippen LogP contribution in [0.1, 0.15) is 12.8 Å². The minimum Gasteiger partial charge on any atom is -0.370 e. The van der Waals surface area contributed by atoms with Crippen LogP contribution < -0.4 is 5.32 Å². The monoisotopic (exact) mass is 222 g/mol. The average Bonchev–Trinajstić information content (AvgIpc) is 2.11. The van der Waals surface area contributed by atoms with E-state index in [9.17, 15) is 17.6 Å². The minimum atomic E-state index is -4.14. The molecule has 1 aromatic heterocycles. The van der Waals surface area contributed by atoms with Gasteiger partial charge in [0.2, 0.25) is 5.95 Å². The Balaban J connectivity index is 2.26. The van der Waals surface area contributed by atoms with E-state index in [-0.39, 0.29) is 18.8 Å². The maximum Gasteiger partial charge on any atom is 0.389 e. The lowest BCUT2D eigenvalue weighted by Gasteiger charge is -2.07. The summed E-state index contributed by atoms with van der Waals surface area (Å²) in [7, 11) is 0. The molecule has 0 fully saturated rings. The van der Waals surface area contributed by atoms with Gasteiger partial charge in [0.1, 0.15) is 5.82 Å². The molecule has 0 aliphatic carbocycles. The Bertz CT molecular complexity index is 311. The summed E-state index contributed by atoms with van der Waals surface area (Å²) in [6.45, 7) is 0.121. The Hall–Kier alpha value is -1.33. The Morgan fingerprint density at radius 3 is 2.60 bits per heavy atom. The van der Waals surface area contributed by atoms with E-state index in [0.717, 1.165) is 0 Å². The van der Waals surface area contributed by atoms with Crippen LogP contribution in [-0.4, -0.2) is 17.7 Å². The smallest absolute Gasteiger partial charge is 0.370 e. The highest BCUT2D eigenvalue weighted by atomic mass is 19.4. The molecule has 0 bridgehead atoms. The van der Waals surface area contributed by atoms with Gasteiger partial charge in [0.25, 0.3) is 0 Å². The maximum absolute atomic E-state index is 12.5. The minimum absolute atomic E-state index is 0.0539. The molecule has 0 saturated heterocycles. The third-order valence-corrected chi connectivity index (χ3v) is 1.66. The topological polar surface area (TPSA) is 24.9 Å².